The second-order valence-corrected chi connectivity index (χ2v) is 5.26. The van der Waals surface area contributed by atoms with Gasteiger partial charge in [-0.25, -0.2) is 17.5 Å². The maximum atomic E-state index is 13.4. The summed E-state index contributed by atoms with van der Waals surface area (Å²) in [6.07, 6.45) is 0. The highest BCUT2D eigenvalue weighted by Crippen LogP contribution is 2.21. The van der Waals surface area contributed by atoms with Crippen molar-refractivity contribution < 1.29 is 22.8 Å². The van der Waals surface area contributed by atoms with Gasteiger partial charge in [0.15, 0.2) is 0 Å². The Balaban J connectivity index is 3.23. The van der Waals surface area contributed by atoms with E-state index in [0.717, 1.165) is 6.07 Å². The molecule has 0 unspecified atom stereocenters. The van der Waals surface area contributed by atoms with E-state index in [2.05, 4.69) is 0 Å². The quantitative estimate of drug-likeness (QED) is 0.598. The van der Waals surface area contributed by atoms with Crippen LogP contribution in [-0.2, 0) is 10.0 Å². The largest absolute Gasteiger partial charge is 0.395 e. The summed E-state index contributed by atoms with van der Waals surface area (Å²) in [6, 6.07) is 1.37. The van der Waals surface area contributed by atoms with Crippen LogP contribution in [0.5, 0.6) is 0 Å². The number of benzene rings is 1. The summed E-state index contributed by atoms with van der Waals surface area (Å²) < 4.78 is 38.8. The van der Waals surface area contributed by atoms with Crippen LogP contribution in [0.3, 0.4) is 0 Å². The first kappa shape index (κ1) is 14.5. The van der Waals surface area contributed by atoms with Crippen molar-refractivity contribution in [2.45, 2.75) is 17.9 Å². The fourth-order valence-corrected chi connectivity index (χ4v) is 2.51. The fourth-order valence-electron chi connectivity index (χ4n) is 1.18. The fraction of sp³-hybridized carbons (Fsp3) is 0.333. The topological polar surface area (TPSA) is 110 Å². The molecule has 1 atom stereocenters. The van der Waals surface area contributed by atoms with Crippen molar-refractivity contribution in [3.8, 4) is 0 Å². The van der Waals surface area contributed by atoms with E-state index < -0.39 is 44.0 Å². The number of aliphatic hydroxyl groups excluding tert-OH is 1. The lowest BCUT2D eigenvalue weighted by molar-refractivity contribution is -0.385. The van der Waals surface area contributed by atoms with Gasteiger partial charge in [-0.05, 0) is 13.0 Å². The van der Waals surface area contributed by atoms with E-state index >= 15 is 0 Å². The minimum absolute atomic E-state index is 0.476. The van der Waals surface area contributed by atoms with Crippen molar-refractivity contribution in [2.75, 3.05) is 6.61 Å². The van der Waals surface area contributed by atoms with E-state index in [0.29, 0.717) is 12.1 Å². The number of halogens is 1. The molecule has 0 aliphatic carbocycles. The summed E-state index contributed by atoms with van der Waals surface area (Å²) >= 11 is 0. The summed E-state index contributed by atoms with van der Waals surface area (Å²) in [6.45, 7) is 0.891. The Morgan fingerprint density at radius 2 is 2.17 bits per heavy atom. The Kier molecular flexibility index (Phi) is 4.33. The van der Waals surface area contributed by atoms with Gasteiger partial charge in [-0.15, -0.1) is 0 Å². The highest BCUT2D eigenvalue weighted by molar-refractivity contribution is 7.89. The molecule has 1 rings (SSSR count). The zero-order valence-corrected chi connectivity index (χ0v) is 10.1. The first-order valence-corrected chi connectivity index (χ1v) is 6.33. The molecule has 0 spiro atoms. The zero-order chi connectivity index (χ0) is 13.9. The number of hydrogen-bond acceptors (Lipinski definition) is 5. The third-order valence-electron chi connectivity index (χ3n) is 2.05. The van der Waals surface area contributed by atoms with E-state index in [1.54, 1.807) is 0 Å². The van der Waals surface area contributed by atoms with Crippen molar-refractivity contribution in [3.63, 3.8) is 0 Å². The Morgan fingerprint density at radius 1 is 1.56 bits per heavy atom. The SMILES string of the molecule is C[C@@H](CO)NS(=O)(=O)c1cc([N+](=O)[O-])ccc1F. The summed E-state index contributed by atoms with van der Waals surface area (Å²) in [5.41, 5.74) is -0.534. The minimum atomic E-state index is -4.25. The van der Waals surface area contributed by atoms with Crippen LogP contribution in [-0.4, -0.2) is 31.1 Å². The third kappa shape index (κ3) is 3.22. The minimum Gasteiger partial charge on any atom is -0.395 e. The lowest BCUT2D eigenvalue weighted by Gasteiger charge is -2.11. The molecule has 0 radical (unpaired) electrons. The van der Waals surface area contributed by atoms with Gasteiger partial charge in [-0.3, -0.25) is 10.1 Å². The molecular formula is C9H11FN2O5S. The predicted octanol–water partition coefficient (Wildman–Crippen LogP) is 0.393. The van der Waals surface area contributed by atoms with Crippen LogP contribution < -0.4 is 4.72 Å². The summed E-state index contributed by atoms with van der Waals surface area (Å²) in [5, 5.41) is 19.2. The van der Waals surface area contributed by atoms with Gasteiger partial charge in [-0.2, -0.15) is 0 Å². The maximum absolute atomic E-state index is 13.4. The lowest BCUT2D eigenvalue weighted by Crippen LogP contribution is -2.35. The monoisotopic (exact) mass is 278 g/mol. The Morgan fingerprint density at radius 3 is 2.67 bits per heavy atom. The van der Waals surface area contributed by atoms with Gasteiger partial charge in [0.05, 0.1) is 11.5 Å². The number of non-ortho nitro benzene ring substituents is 1. The zero-order valence-electron chi connectivity index (χ0n) is 9.33. The molecule has 2 N–H and O–H groups in total. The molecular weight excluding hydrogens is 267 g/mol. The number of nitro groups is 1. The van der Waals surface area contributed by atoms with E-state index in [9.17, 15) is 22.9 Å². The van der Waals surface area contributed by atoms with Crippen molar-refractivity contribution in [1.82, 2.24) is 4.72 Å². The van der Waals surface area contributed by atoms with Gasteiger partial charge < -0.3 is 5.11 Å². The summed E-state index contributed by atoms with van der Waals surface area (Å²) in [7, 11) is -4.25. The van der Waals surface area contributed by atoms with Crippen LogP contribution in [0.2, 0.25) is 0 Å². The molecule has 7 nitrogen and oxygen atoms in total. The third-order valence-corrected chi connectivity index (χ3v) is 3.65. The second kappa shape index (κ2) is 5.38. The Labute approximate surface area is 102 Å². The summed E-state index contributed by atoms with van der Waals surface area (Å²) in [5.74, 6) is -1.10. The second-order valence-electron chi connectivity index (χ2n) is 3.58. The number of rotatable bonds is 5. The van der Waals surface area contributed by atoms with Crippen LogP contribution in [0.1, 0.15) is 6.92 Å². The number of nitro benzene ring substituents is 1. The number of nitrogens with one attached hydrogen (secondary N) is 1. The van der Waals surface area contributed by atoms with E-state index in [4.69, 9.17) is 5.11 Å². The van der Waals surface area contributed by atoms with E-state index in [-0.39, 0.29) is 0 Å². The molecule has 9 heteroatoms. The lowest BCUT2D eigenvalue weighted by atomic mass is 10.3. The first-order valence-electron chi connectivity index (χ1n) is 4.85. The van der Waals surface area contributed by atoms with Crippen LogP contribution in [0.25, 0.3) is 0 Å². The van der Waals surface area contributed by atoms with Crippen LogP contribution >= 0.6 is 0 Å². The van der Waals surface area contributed by atoms with Crippen LogP contribution in [0.15, 0.2) is 23.1 Å². The van der Waals surface area contributed by atoms with Gasteiger partial charge in [0, 0.05) is 18.2 Å². The molecule has 0 aromatic heterocycles. The van der Waals surface area contributed by atoms with E-state index in [1.807, 2.05) is 4.72 Å². The first-order chi connectivity index (χ1) is 8.27. The van der Waals surface area contributed by atoms with Crippen molar-refractivity contribution in [3.05, 3.63) is 34.1 Å². The molecule has 0 saturated heterocycles. The van der Waals surface area contributed by atoms with Crippen molar-refractivity contribution in [2.24, 2.45) is 0 Å². The molecule has 1 aromatic rings. The van der Waals surface area contributed by atoms with Gasteiger partial charge in [0.2, 0.25) is 10.0 Å². The highest BCUT2D eigenvalue weighted by atomic mass is 32.2. The molecule has 0 fully saturated rings. The summed E-state index contributed by atoms with van der Waals surface area (Å²) in [4.78, 5) is 8.85. The van der Waals surface area contributed by atoms with Gasteiger partial charge in [0.1, 0.15) is 10.7 Å². The number of nitrogens with zero attached hydrogens (tertiary/aromatic N) is 1. The molecule has 0 saturated carbocycles. The average molecular weight is 278 g/mol. The molecule has 100 valence electrons. The van der Waals surface area contributed by atoms with Crippen LogP contribution in [0, 0.1) is 15.9 Å². The average Bonchev–Trinajstić information content (AvgIpc) is 2.28. The van der Waals surface area contributed by atoms with Gasteiger partial charge in [0.25, 0.3) is 5.69 Å². The molecule has 0 aliphatic heterocycles. The number of aliphatic hydroxyl groups is 1. The molecule has 0 bridgehead atoms. The Bertz CT molecular complexity index is 560. The molecule has 0 heterocycles. The number of sulfonamides is 1. The van der Waals surface area contributed by atoms with Crippen molar-refractivity contribution in [1.29, 1.82) is 0 Å². The smallest absolute Gasteiger partial charge is 0.270 e. The molecule has 0 aliphatic rings. The predicted molar refractivity (Wildman–Crippen MR) is 59.9 cm³/mol. The number of hydrogen-bond donors (Lipinski definition) is 2. The normalized spacial score (nSPS) is 13.3. The molecule has 18 heavy (non-hydrogen) atoms. The van der Waals surface area contributed by atoms with Crippen molar-refractivity contribution >= 4 is 15.7 Å². The maximum Gasteiger partial charge on any atom is 0.270 e. The Hall–Kier alpha value is -1.58. The highest BCUT2D eigenvalue weighted by Gasteiger charge is 2.23. The standard InChI is InChI=1S/C9H11FN2O5S/c1-6(5-13)11-18(16,17)9-4-7(12(14)15)2-3-8(9)10/h2-4,6,11,13H,5H2,1H3/t6-/m0/s1. The van der Waals surface area contributed by atoms with E-state index in [1.165, 1.54) is 6.92 Å². The molecule has 0 amide bonds. The van der Waals surface area contributed by atoms with Crippen LogP contribution in [0.4, 0.5) is 10.1 Å². The van der Waals surface area contributed by atoms with Gasteiger partial charge in [-0.1, -0.05) is 0 Å². The van der Waals surface area contributed by atoms with Gasteiger partial charge >= 0.3 is 0 Å². The molecule has 1 aromatic carbocycles.